The molecule has 0 radical (unpaired) electrons. The largest absolute Gasteiger partial charge is 0.497 e. The molecule has 4 heteroatoms. The summed E-state index contributed by atoms with van der Waals surface area (Å²) in [7, 11) is 1.60. The Morgan fingerprint density at radius 3 is 2.20 bits per heavy atom. The lowest BCUT2D eigenvalue weighted by Crippen LogP contribution is -2.28. The van der Waals surface area contributed by atoms with Gasteiger partial charge in [0.1, 0.15) is 11.5 Å². The monoisotopic (exact) mass is 336 g/mol. The lowest BCUT2D eigenvalue weighted by atomic mass is 9.83. The Labute approximate surface area is 147 Å². The molecule has 0 spiro atoms. The van der Waals surface area contributed by atoms with E-state index in [1.807, 2.05) is 42.5 Å². The Bertz CT molecular complexity index is 819. The molecule has 0 fully saturated rings. The topological polar surface area (TPSA) is 52.6 Å². The van der Waals surface area contributed by atoms with E-state index in [1.54, 1.807) is 26.2 Å². The van der Waals surface area contributed by atoms with Crippen molar-refractivity contribution in [3.63, 3.8) is 0 Å². The molecule has 0 bridgehead atoms. The first-order chi connectivity index (χ1) is 12.0. The number of hydrogen-bond donors (Lipinski definition) is 0. The summed E-state index contributed by atoms with van der Waals surface area (Å²) >= 11 is 0. The molecule has 1 aliphatic rings. The van der Waals surface area contributed by atoms with Crippen LogP contribution in [0.1, 0.15) is 35.7 Å². The molecule has 128 valence electrons. The maximum atomic E-state index is 13.0. The average Bonchev–Trinajstić information content (AvgIpc) is 2.99. The molecule has 2 aromatic rings. The van der Waals surface area contributed by atoms with Gasteiger partial charge in [-0.15, -0.1) is 0 Å². The smallest absolute Gasteiger partial charge is 0.204 e. The number of rotatable bonds is 5. The molecule has 0 amide bonds. The van der Waals surface area contributed by atoms with Crippen molar-refractivity contribution in [2.75, 3.05) is 7.11 Å². The molecule has 25 heavy (non-hydrogen) atoms. The van der Waals surface area contributed by atoms with Gasteiger partial charge in [0.15, 0.2) is 11.9 Å². The summed E-state index contributed by atoms with van der Waals surface area (Å²) < 4.78 is 11.0. The summed E-state index contributed by atoms with van der Waals surface area (Å²) in [4.78, 5) is 25.2. The second-order valence-corrected chi connectivity index (χ2v) is 6.05. The summed E-state index contributed by atoms with van der Waals surface area (Å²) in [5.74, 6) is 0.607. The summed E-state index contributed by atoms with van der Waals surface area (Å²) in [5.41, 5.74) is 1.99. The number of Topliss-reactive ketones (excluding diaryl/α,β-unsaturated/α-hetero) is 2. The highest BCUT2D eigenvalue weighted by Crippen LogP contribution is 2.41. The van der Waals surface area contributed by atoms with Crippen LogP contribution < -0.4 is 4.74 Å². The maximum absolute atomic E-state index is 13.0. The van der Waals surface area contributed by atoms with Gasteiger partial charge in [-0.25, -0.2) is 0 Å². The molecule has 0 aliphatic carbocycles. The highest BCUT2D eigenvalue weighted by Gasteiger charge is 2.42. The molecule has 1 aliphatic heterocycles. The van der Waals surface area contributed by atoms with Crippen LogP contribution in [-0.4, -0.2) is 24.8 Å². The van der Waals surface area contributed by atoms with E-state index in [-0.39, 0.29) is 11.6 Å². The lowest BCUT2D eigenvalue weighted by molar-refractivity contribution is -0.113. The van der Waals surface area contributed by atoms with Gasteiger partial charge in [-0.3, -0.25) is 9.59 Å². The fourth-order valence-corrected chi connectivity index (χ4v) is 3.28. The van der Waals surface area contributed by atoms with Gasteiger partial charge >= 0.3 is 0 Å². The molecule has 2 atom stereocenters. The SMILES string of the molecule is COc1ccc([C@H]2C(C(C)=O)=C(C)O[C@@H]2C(=O)c2ccccc2)cc1. The number of ketones is 2. The molecular formula is C21H20O4. The molecule has 0 N–H and O–H groups in total. The van der Waals surface area contributed by atoms with Crippen LogP contribution in [0.25, 0.3) is 0 Å². The highest BCUT2D eigenvalue weighted by molar-refractivity contribution is 6.04. The maximum Gasteiger partial charge on any atom is 0.204 e. The van der Waals surface area contributed by atoms with Crippen LogP contribution in [0.15, 0.2) is 65.9 Å². The van der Waals surface area contributed by atoms with Crippen LogP contribution in [0, 0.1) is 0 Å². The summed E-state index contributed by atoms with van der Waals surface area (Å²) in [6.07, 6.45) is -0.741. The molecule has 3 rings (SSSR count). The van der Waals surface area contributed by atoms with Crippen LogP contribution in [0.2, 0.25) is 0 Å². The van der Waals surface area contributed by atoms with Crippen LogP contribution in [0.5, 0.6) is 5.75 Å². The average molecular weight is 336 g/mol. The predicted molar refractivity (Wildman–Crippen MR) is 94.8 cm³/mol. The molecule has 2 aromatic carbocycles. The first-order valence-corrected chi connectivity index (χ1v) is 8.14. The van der Waals surface area contributed by atoms with Crippen LogP contribution in [0.3, 0.4) is 0 Å². The van der Waals surface area contributed by atoms with Crippen molar-refractivity contribution in [1.82, 2.24) is 0 Å². The number of methoxy groups -OCH3 is 1. The van der Waals surface area contributed by atoms with Crippen molar-refractivity contribution in [3.8, 4) is 5.75 Å². The normalized spacial score (nSPS) is 19.5. The summed E-state index contributed by atoms with van der Waals surface area (Å²) in [6.45, 7) is 3.25. The van der Waals surface area contributed by atoms with E-state index in [0.29, 0.717) is 16.9 Å². The zero-order chi connectivity index (χ0) is 18.0. The molecule has 0 saturated carbocycles. The predicted octanol–water partition coefficient (Wildman–Crippen LogP) is 3.92. The molecule has 1 heterocycles. The first-order valence-electron chi connectivity index (χ1n) is 8.14. The second kappa shape index (κ2) is 6.93. The minimum Gasteiger partial charge on any atom is -0.497 e. The zero-order valence-electron chi connectivity index (χ0n) is 14.5. The summed E-state index contributed by atoms with van der Waals surface area (Å²) in [6, 6.07) is 16.4. The Hall–Kier alpha value is -2.88. The number of hydrogen-bond acceptors (Lipinski definition) is 4. The van der Waals surface area contributed by atoms with Crippen molar-refractivity contribution < 1.29 is 19.1 Å². The van der Waals surface area contributed by atoms with E-state index in [4.69, 9.17) is 9.47 Å². The Kier molecular flexibility index (Phi) is 4.70. The molecule has 0 aromatic heterocycles. The van der Waals surface area contributed by atoms with Crippen molar-refractivity contribution in [2.24, 2.45) is 0 Å². The minimum atomic E-state index is -0.741. The Morgan fingerprint density at radius 2 is 1.64 bits per heavy atom. The lowest BCUT2D eigenvalue weighted by Gasteiger charge is -2.20. The third-order valence-corrected chi connectivity index (χ3v) is 4.47. The van der Waals surface area contributed by atoms with Crippen LogP contribution in [0.4, 0.5) is 0 Å². The number of ether oxygens (including phenoxy) is 2. The van der Waals surface area contributed by atoms with Gasteiger partial charge < -0.3 is 9.47 Å². The molecule has 0 unspecified atom stereocenters. The van der Waals surface area contributed by atoms with Crippen molar-refractivity contribution in [1.29, 1.82) is 0 Å². The van der Waals surface area contributed by atoms with E-state index in [2.05, 4.69) is 0 Å². The first kappa shape index (κ1) is 17.0. The van der Waals surface area contributed by atoms with Crippen molar-refractivity contribution in [2.45, 2.75) is 25.9 Å². The van der Waals surface area contributed by atoms with E-state index >= 15 is 0 Å². The van der Waals surface area contributed by atoms with E-state index in [0.717, 1.165) is 11.3 Å². The van der Waals surface area contributed by atoms with Gasteiger partial charge in [0, 0.05) is 11.1 Å². The fourth-order valence-electron chi connectivity index (χ4n) is 3.28. The van der Waals surface area contributed by atoms with E-state index < -0.39 is 12.0 Å². The number of benzene rings is 2. The molecule has 0 saturated heterocycles. The van der Waals surface area contributed by atoms with Gasteiger partial charge in [-0.05, 0) is 31.5 Å². The summed E-state index contributed by atoms with van der Waals surface area (Å²) in [5, 5.41) is 0. The van der Waals surface area contributed by atoms with Crippen LogP contribution >= 0.6 is 0 Å². The highest BCUT2D eigenvalue weighted by atomic mass is 16.5. The van der Waals surface area contributed by atoms with Gasteiger partial charge in [0.05, 0.1) is 13.0 Å². The minimum absolute atomic E-state index is 0.0818. The number of carbonyl (C=O) groups excluding carboxylic acids is 2. The molecular weight excluding hydrogens is 316 g/mol. The van der Waals surface area contributed by atoms with Crippen molar-refractivity contribution >= 4 is 11.6 Å². The van der Waals surface area contributed by atoms with E-state index in [9.17, 15) is 9.59 Å². The Balaban J connectivity index is 2.03. The van der Waals surface area contributed by atoms with E-state index in [1.165, 1.54) is 6.92 Å². The zero-order valence-corrected chi connectivity index (χ0v) is 14.5. The Morgan fingerprint density at radius 1 is 1.00 bits per heavy atom. The van der Waals surface area contributed by atoms with Crippen molar-refractivity contribution in [3.05, 3.63) is 77.1 Å². The van der Waals surface area contributed by atoms with Crippen LogP contribution in [-0.2, 0) is 9.53 Å². The number of allylic oxidation sites excluding steroid dienone is 1. The second-order valence-electron chi connectivity index (χ2n) is 6.05. The van der Waals surface area contributed by atoms with Gasteiger partial charge in [-0.2, -0.15) is 0 Å². The standard InChI is InChI=1S/C21H20O4/c1-13(22)18-14(2)25-21(20(23)16-7-5-4-6-8-16)19(18)15-9-11-17(24-3)12-10-15/h4-12,19,21H,1-3H3/t19-,21-/m0/s1. The van der Waals surface area contributed by atoms with Gasteiger partial charge in [0.2, 0.25) is 5.78 Å². The third-order valence-electron chi connectivity index (χ3n) is 4.47. The third kappa shape index (κ3) is 3.20. The van der Waals surface area contributed by atoms with Gasteiger partial charge in [-0.1, -0.05) is 42.5 Å². The molecule has 4 nitrogen and oxygen atoms in total. The van der Waals surface area contributed by atoms with Gasteiger partial charge in [0.25, 0.3) is 0 Å². The quantitative estimate of drug-likeness (QED) is 0.777. The number of carbonyl (C=O) groups is 2. The fraction of sp³-hybridized carbons (Fsp3) is 0.238.